The lowest BCUT2D eigenvalue weighted by molar-refractivity contribution is -0.692. The third kappa shape index (κ3) is 4.93. The molecule has 0 spiro atoms. The van der Waals surface area contributed by atoms with E-state index in [1.807, 2.05) is 0 Å². The number of nitrogens with zero attached hydrogens (tertiary/aromatic N) is 1. The van der Waals surface area contributed by atoms with E-state index in [1.165, 1.54) is 11.1 Å². The molecule has 1 aromatic heterocycles. The van der Waals surface area contributed by atoms with E-state index in [0.717, 1.165) is 0 Å². The summed E-state index contributed by atoms with van der Waals surface area (Å²) in [7, 11) is 0. The summed E-state index contributed by atoms with van der Waals surface area (Å²) in [6, 6.07) is 10.7. The summed E-state index contributed by atoms with van der Waals surface area (Å²) in [5.74, 6) is 2.02. The molecule has 0 bridgehead atoms. The van der Waals surface area contributed by atoms with E-state index in [9.17, 15) is 4.79 Å². The van der Waals surface area contributed by atoms with Crippen LogP contribution >= 0.6 is 0 Å². The molecule has 0 fully saturated rings. The second-order valence-electron chi connectivity index (χ2n) is 6.90. The number of quaternary nitrogens is 1. The Morgan fingerprint density at radius 1 is 1.17 bits per heavy atom. The van der Waals surface area contributed by atoms with Gasteiger partial charge in [-0.05, 0) is 18.4 Å². The maximum Gasteiger partial charge on any atom is 0.280 e. The van der Waals surface area contributed by atoms with E-state index in [0.29, 0.717) is 30.0 Å². The maximum atomic E-state index is 12.1. The predicted molar refractivity (Wildman–Crippen MR) is 94.8 cm³/mol. The zero-order valence-electron chi connectivity index (χ0n) is 15.2. The number of aryl methyl sites for hydroxylation is 1. The van der Waals surface area contributed by atoms with Gasteiger partial charge in [0.25, 0.3) is 5.91 Å². The Kier molecular flexibility index (Phi) is 6.15. The molecule has 2 rings (SSSR count). The number of nitrogens with one attached hydrogen (secondary N) is 1. The van der Waals surface area contributed by atoms with Gasteiger partial charge in [0.1, 0.15) is 11.8 Å². The molecule has 1 amide bonds. The number of hydrogen-bond donors (Lipinski definition) is 2. The SMILES string of the molecule is Cc1cc(NC(=O)C[NH2+][C@@H](c2ccc(C(C)C)cc2)C(C)C)no1. The molecule has 0 saturated carbocycles. The number of carbonyl (C=O) groups is 1. The van der Waals surface area contributed by atoms with Gasteiger partial charge in [-0.25, -0.2) is 0 Å². The van der Waals surface area contributed by atoms with Crippen LogP contribution in [0.4, 0.5) is 5.82 Å². The fourth-order valence-electron chi connectivity index (χ4n) is 2.75. The molecule has 0 aliphatic heterocycles. The van der Waals surface area contributed by atoms with Gasteiger partial charge in [0.2, 0.25) is 0 Å². The quantitative estimate of drug-likeness (QED) is 0.820. The molecular weight excluding hydrogens is 302 g/mol. The van der Waals surface area contributed by atoms with Crippen molar-refractivity contribution in [3.63, 3.8) is 0 Å². The summed E-state index contributed by atoms with van der Waals surface area (Å²) in [4.78, 5) is 12.1. The second kappa shape index (κ2) is 8.11. The van der Waals surface area contributed by atoms with Crippen LogP contribution in [0.3, 0.4) is 0 Å². The third-order valence-corrected chi connectivity index (χ3v) is 4.16. The van der Waals surface area contributed by atoms with Crippen LogP contribution in [0.5, 0.6) is 0 Å². The number of benzene rings is 1. The molecule has 1 atom stereocenters. The predicted octanol–water partition coefficient (Wildman–Crippen LogP) is 3.01. The first-order valence-corrected chi connectivity index (χ1v) is 8.53. The van der Waals surface area contributed by atoms with Gasteiger partial charge >= 0.3 is 0 Å². The van der Waals surface area contributed by atoms with Crippen molar-refractivity contribution in [3.8, 4) is 0 Å². The van der Waals surface area contributed by atoms with Crippen LogP contribution < -0.4 is 10.6 Å². The van der Waals surface area contributed by atoms with Crippen molar-refractivity contribution in [2.45, 2.75) is 46.6 Å². The average Bonchev–Trinajstić information content (AvgIpc) is 2.92. The molecule has 24 heavy (non-hydrogen) atoms. The highest BCUT2D eigenvalue weighted by atomic mass is 16.5. The van der Waals surface area contributed by atoms with Gasteiger partial charge in [0.15, 0.2) is 12.4 Å². The number of aromatic nitrogens is 1. The van der Waals surface area contributed by atoms with Gasteiger partial charge in [0.05, 0.1) is 0 Å². The lowest BCUT2D eigenvalue weighted by Gasteiger charge is -2.20. The second-order valence-corrected chi connectivity index (χ2v) is 6.90. The van der Waals surface area contributed by atoms with Crippen molar-refractivity contribution < 1.29 is 14.6 Å². The molecule has 0 aliphatic carbocycles. The largest absolute Gasteiger partial charge is 0.360 e. The van der Waals surface area contributed by atoms with Crippen molar-refractivity contribution in [2.75, 3.05) is 11.9 Å². The molecule has 0 aliphatic rings. The highest BCUT2D eigenvalue weighted by Gasteiger charge is 2.21. The zero-order valence-corrected chi connectivity index (χ0v) is 15.2. The standard InChI is InChI=1S/C19H27N3O2/c1-12(2)15-6-8-16(9-7-15)19(13(3)4)20-11-18(23)21-17-10-14(5)24-22-17/h6-10,12-13,19-20H,11H2,1-5H3,(H,21,22,23)/p+1/t19-/m1/s1. The number of rotatable bonds is 7. The topological polar surface area (TPSA) is 71.7 Å². The van der Waals surface area contributed by atoms with Gasteiger partial charge in [-0.2, -0.15) is 0 Å². The zero-order chi connectivity index (χ0) is 17.7. The number of amides is 1. The number of carbonyl (C=O) groups excluding carboxylic acids is 1. The molecule has 0 radical (unpaired) electrons. The molecule has 2 aromatic rings. The van der Waals surface area contributed by atoms with Crippen LogP contribution in [0, 0.1) is 12.8 Å². The van der Waals surface area contributed by atoms with Gasteiger partial charge in [-0.1, -0.05) is 57.1 Å². The fraction of sp³-hybridized carbons (Fsp3) is 0.474. The van der Waals surface area contributed by atoms with Crippen LogP contribution in [-0.2, 0) is 4.79 Å². The highest BCUT2D eigenvalue weighted by molar-refractivity contribution is 5.90. The lowest BCUT2D eigenvalue weighted by atomic mass is 9.93. The minimum absolute atomic E-state index is 0.0762. The van der Waals surface area contributed by atoms with Gasteiger partial charge < -0.3 is 15.2 Å². The Hall–Kier alpha value is -2.14. The Morgan fingerprint density at radius 2 is 1.79 bits per heavy atom. The molecule has 130 valence electrons. The monoisotopic (exact) mass is 330 g/mol. The first-order valence-electron chi connectivity index (χ1n) is 8.53. The average molecular weight is 330 g/mol. The first-order chi connectivity index (χ1) is 11.4. The Bertz CT molecular complexity index is 660. The lowest BCUT2D eigenvalue weighted by Crippen LogP contribution is -2.88. The van der Waals surface area contributed by atoms with Crippen LogP contribution in [0.1, 0.15) is 56.5 Å². The van der Waals surface area contributed by atoms with Crippen molar-refractivity contribution in [3.05, 3.63) is 47.2 Å². The first kappa shape index (κ1) is 18.2. The van der Waals surface area contributed by atoms with Crippen molar-refractivity contribution >= 4 is 11.7 Å². The van der Waals surface area contributed by atoms with Crippen LogP contribution in [-0.4, -0.2) is 17.6 Å². The fourth-order valence-corrected chi connectivity index (χ4v) is 2.75. The molecular formula is C19H28N3O2+. The van der Waals surface area contributed by atoms with E-state index in [1.54, 1.807) is 13.0 Å². The van der Waals surface area contributed by atoms with Crippen LogP contribution in [0.15, 0.2) is 34.9 Å². The molecule has 0 unspecified atom stereocenters. The van der Waals surface area contributed by atoms with E-state index in [-0.39, 0.29) is 11.9 Å². The molecule has 3 N–H and O–H groups in total. The molecule has 5 nitrogen and oxygen atoms in total. The highest BCUT2D eigenvalue weighted by Crippen LogP contribution is 2.21. The summed E-state index contributed by atoms with van der Waals surface area (Å²) >= 11 is 0. The smallest absolute Gasteiger partial charge is 0.280 e. The maximum absolute atomic E-state index is 12.1. The molecule has 0 saturated heterocycles. The normalized spacial score (nSPS) is 12.6. The summed E-state index contributed by atoms with van der Waals surface area (Å²) in [5, 5.41) is 8.62. The van der Waals surface area contributed by atoms with Crippen LogP contribution in [0.25, 0.3) is 0 Å². The van der Waals surface area contributed by atoms with Crippen LogP contribution in [0.2, 0.25) is 0 Å². The Labute approximate surface area is 143 Å². The summed E-state index contributed by atoms with van der Waals surface area (Å²) in [6.45, 7) is 10.9. The molecule has 1 aromatic carbocycles. The van der Waals surface area contributed by atoms with E-state index < -0.39 is 0 Å². The van der Waals surface area contributed by atoms with Crippen molar-refractivity contribution in [1.82, 2.24) is 5.16 Å². The number of nitrogens with two attached hydrogens (primary N) is 1. The minimum Gasteiger partial charge on any atom is -0.360 e. The third-order valence-electron chi connectivity index (χ3n) is 4.16. The van der Waals surface area contributed by atoms with Gasteiger partial charge in [-0.15, -0.1) is 0 Å². The molecule has 5 heteroatoms. The summed E-state index contributed by atoms with van der Waals surface area (Å²) in [5.41, 5.74) is 2.58. The van der Waals surface area contributed by atoms with E-state index >= 15 is 0 Å². The van der Waals surface area contributed by atoms with Gasteiger partial charge in [-0.3, -0.25) is 4.79 Å². The Balaban J connectivity index is 1.96. The summed E-state index contributed by atoms with van der Waals surface area (Å²) in [6.07, 6.45) is 0. The number of hydrogen-bond acceptors (Lipinski definition) is 3. The van der Waals surface area contributed by atoms with Crippen molar-refractivity contribution in [1.29, 1.82) is 0 Å². The number of anilines is 1. The van der Waals surface area contributed by atoms with E-state index in [2.05, 4.69) is 67.8 Å². The summed E-state index contributed by atoms with van der Waals surface area (Å²) < 4.78 is 4.95. The van der Waals surface area contributed by atoms with Gasteiger partial charge in [0, 0.05) is 17.5 Å². The Morgan fingerprint density at radius 3 is 2.29 bits per heavy atom. The minimum atomic E-state index is -0.0762. The van der Waals surface area contributed by atoms with E-state index in [4.69, 9.17) is 4.52 Å². The molecule has 1 heterocycles. The van der Waals surface area contributed by atoms with Crippen molar-refractivity contribution in [2.24, 2.45) is 5.92 Å².